The van der Waals surface area contributed by atoms with Crippen molar-refractivity contribution in [2.45, 2.75) is 38.8 Å². The molecule has 7 heteroatoms. The summed E-state index contributed by atoms with van der Waals surface area (Å²) in [5.41, 5.74) is -0.770. The molecule has 0 spiro atoms. The normalized spacial score (nSPS) is 18.6. The van der Waals surface area contributed by atoms with E-state index in [4.69, 9.17) is 0 Å². The summed E-state index contributed by atoms with van der Waals surface area (Å²) in [6, 6.07) is 0. The minimum atomic E-state index is -0.770. The van der Waals surface area contributed by atoms with Gasteiger partial charge in [-0.2, -0.15) is 5.10 Å². The Bertz CT molecular complexity index is 492. The minimum absolute atomic E-state index is 0.0416. The van der Waals surface area contributed by atoms with E-state index in [2.05, 4.69) is 15.4 Å². The molecule has 0 bridgehead atoms. The van der Waals surface area contributed by atoms with Crippen LogP contribution in [0.25, 0.3) is 0 Å². The maximum atomic E-state index is 12.5. The second kappa shape index (κ2) is 4.99. The predicted molar refractivity (Wildman–Crippen MR) is 67.9 cm³/mol. The summed E-state index contributed by atoms with van der Waals surface area (Å²) in [5.74, 6) is 0.509. The van der Waals surface area contributed by atoms with Crippen molar-refractivity contribution in [1.82, 2.24) is 25.0 Å². The molecule has 1 saturated heterocycles. The number of piperazine rings is 1. The fourth-order valence-corrected chi connectivity index (χ4v) is 2.40. The molecule has 1 fully saturated rings. The van der Waals surface area contributed by atoms with Gasteiger partial charge in [-0.25, -0.2) is 4.98 Å². The van der Waals surface area contributed by atoms with Crippen LogP contribution in [0.3, 0.4) is 0 Å². The van der Waals surface area contributed by atoms with Crippen molar-refractivity contribution in [1.29, 1.82) is 0 Å². The number of rotatable bonds is 4. The van der Waals surface area contributed by atoms with Crippen molar-refractivity contribution >= 4 is 11.8 Å². The van der Waals surface area contributed by atoms with Gasteiger partial charge in [0.05, 0.1) is 6.54 Å². The first kappa shape index (κ1) is 13.5. The molecule has 1 aliphatic heterocycles. The molecule has 0 saturated carbocycles. The monoisotopic (exact) mass is 265 g/mol. The second-order valence-corrected chi connectivity index (χ2v) is 4.80. The maximum Gasteiger partial charge on any atom is 0.249 e. The summed E-state index contributed by atoms with van der Waals surface area (Å²) >= 11 is 0. The van der Waals surface area contributed by atoms with Crippen LogP contribution in [0, 0.1) is 0 Å². The van der Waals surface area contributed by atoms with Gasteiger partial charge in [0.15, 0.2) is 0 Å². The van der Waals surface area contributed by atoms with Crippen molar-refractivity contribution < 1.29 is 9.59 Å². The van der Waals surface area contributed by atoms with Gasteiger partial charge in [-0.3, -0.25) is 14.3 Å². The quantitative estimate of drug-likeness (QED) is 0.820. The van der Waals surface area contributed by atoms with Crippen LogP contribution in [0.5, 0.6) is 0 Å². The molecule has 2 amide bonds. The van der Waals surface area contributed by atoms with Crippen LogP contribution >= 0.6 is 0 Å². The average molecular weight is 265 g/mol. The zero-order chi connectivity index (χ0) is 14.0. The molecule has 0 unspecified atom stereocenters. The smallest absolute Gasteiger partial charge is 0.249 e. The Morgan fingerprint density at radius 2 is 2.05 bits per heavy atom. The largest absolute Gasteiger partial charge is 0.340 e. The number of carbonyl (C=O) groups is 2. The van der Waals surface area contributed by atoms with Crippen molar-refractivity contribution in [2.24, 2.45) is 7.05 Å². The summed E-state index contributed by atoms with van der Waals surface area (Å²) in [4.78, 5) is 30.0. The number of aromatic nitrogens is 3. The second-order valence-electron chi connectivity index (χ2n) is 4.80. The molecule has 0 aromatic carbocycles. The lowest BCUT2D eigenvalue weighted by Gasteiger charge is -2.40. The van der Waals surface area contributed by atoms with E-state index in [9.17, 15) is 9.59 Å². The third-order valence-electron chi connectivity index (χ3n) is 3.75. The van der Waals surface area contributed by atoms with Crippen molar-refractivity contribution in [3.63, 3.8) is 0 Å². The van der Waals surface area contributed by atoms with E-state index in [1.54, 1.807) is 16.6 Å². The van der Waals surface area contributed by atoms with Gasteiger partial charge in [0.1, 0.15) is 24.2 Å². The van der Waals surface area contributed by atoms with Crippen LogP contribution in [0.4, 0.5) is 0 Å². The van der Waals surface area contributed by atoms with E-state index < -0.39 is 5.54 Å². The predicted octanol–water partition coefficient (Wildman–Crippen LogP) is -0.168. The molecule has 1 aromatic heterocycles. The number of carbonyl (C=O) groups excluding carboxylic acids is 2. The Morgan fingerprint density at radius 1 is 1.37 bits per heavy atom. The van der Waals surface area contributed by atoms with Crippen LogP contribution in [0.1, 0.15) is 32.5 Å². The third-order valence-corrected chi connectivity index (χ3v) is 3.75. The van der Waals surface area contributed by atoms with Crippen LogP contribution in [0.15, 0.2) is 6.33 Å². The summed E-state index contributed by atoms with van der Waals surface area (Å²) in [5, 5.41) is 6.80. The van der Waals surface area contributed by atoms with Gasteiger partial charge in [0.2, 0.25) is 11.8 Å². The first-order valence-corrected chi connectivity index (χ1v) is 6.45. The number of aryl methyl sites for hydroxylation is 1. The van der Waals surface area contributed by atoms with Crippen LogP contribution in [-0.4, -0.2) is 43.6 Å². The lowest BCUT2D eigenvalue weighted by molar-refractivity contribution is -0.151. The van der Waals surface area contributed by atoms with Gasteiger partial charge in [-0.05, 0) is 12.8 Å². The van der Waals surface area contributed by atoms with Gasteiger partial charge in [0, 0.05) is 7.05 Å². The Kier molecular flexibility index (Phi) is 3.55. The van der Waals surface area contributed by atoms with Crippen LogP contribution < -0.4 is 5.32 Å². The van der Waals surface area contributed by atoms with Gasteiger partial charge < -0.3 is 10.2 Å². The topological polar surface area (TPSA) is 80.1 Å². The molecule has 104 valence electrons. The number of nitrogens with zero attached hydrogens (tertiary/aromatic N) is 4. The average Bonchev–Trinajstić information content (AvgIpc) is 2.79. The van der Waals surface area contributed by atoms with E-state index in [1.165, 1.54) is 6.33 Å². The molecule has 1 aromatic rings. The number of hydrogen-bond donors (Lipinski definition) is 1. The third kappa shape index (κ3) is 2.32. The van der Waals surface area contributed by atoms with E-state index in [-0.39, 0.29) is 18.4 Å². The van der Waals surface area contributed by atoms with Crippen molar-refractivity contribution in [2.75, 3.05) is 6.54 Å². The fraction of sp³-hybridized carbons (Fsp3) is 0.667. The molecule has 7 nitrogen and oxygen atoms in total. The molecule has 0 radical (unpaired) electrons. The number of amides is 2. The first-order valence-electron chi connectivity index (χ1n) is 6.45. The number of hydrogen-bond acceptors (Lipinski definition) is 4. The zero-order valence-corrected chi connectivity index (χ0v) is 11.5. The van der Waals surface area contributed by atoms with Gasteiger partial charge >= 0.3 is 0 Å². The maximum absolute atomic E-state index is 12.5. The Labute approximate surface area is 112 Å². The highest BCUT2D eigenvalue weighted by Gasteiger charge is 2.44. The van der Waals surface area contributed by atoms with E-state index in [1.807, 2.05) is 13.8 Å². The molecule has 0 aliphatic carbocycles. The molecular formula is C12H19N5O2. The highest BCUT2D eigenvalue weighted by atomic mass is 16.2. The van der Waals surface area contributed by atoms with Crippen LogP contribution in [0.2, 0.25) is 0 Å². The lowest BCUT2D eigenvalue weighted by Crippen LogP contribution is -2.66. The molecule has 2 rings (SSSR count). The first-order chi connectivity index (χ1) is 9.02. The van der Waals surface area contributed by atoms with Crippen molar-refractivity contribution in [3.05, 3.63) is 12.2 Å². The summed E-state index contributed by atoms with van der Waals surface area (Å²) in [6.45, 7) is 4.21. The molecule has 1 aliphatic rings. The highest BCUT2D eigenvalue weighted by molar-refractivity contribution is 5.97. The summed E-state index contributed by atoms with van der Waals surface area (Å²) in [7, 11) is 1.77. The van der Waals surface area contributed by atoms with Gasteiger partial charge in [-0.15, -0.1) is 0 Å². The summed E-state index contributed by atoms with van der Waals surface area (Å²) in [6.07, 6.45) is 2.61. The molecule has 0 atom stereocenters. The molecule has 19 heavy (non-hydrogen) atoms. The molecule has 2 heterocycles. The van der Waals surface area contributed by atoms with Gasteiger partial charge in [-0.1, -0.05) is 13.8 Å². The summed E-state index contributed by atoms with van der Waals surface area (Å²) < 4.78 is 1.61. The number of nitrogens with one attached hydrogen (secondary N) is 1. The SMILES string of the molecule is CCC1(CC)NC(=O)CN(Cc2ncnn2C)C1=O. The Hall–Kier alpha value is -1.92. The molecule has 1 N–H and O–H groups in total. The Balaban J connectivity index is 2.23. The van der Waals surface area contributed by atoms with E-state index in [0.717, 1.165) is 0 Å². The standard InChI is InChI=1S/C12H19N5O2/c1-4-12(5-2)11(19)17(7-10(18)15-12)6-9-13-8-14-16(9)3/h8H,4-7H2,1-3H3,(H,15,18). The van der Waals surface area contributed by atoms with Crippen LogP contribution in [-0.2, 0) is 23.2 Å². The van der Waals surface area contributed by atoms with Gasteiger partial charge in [0.25, 0.3) is 0 Å². The van der Waals surface area contributed by atoms with Crippen molar-refractivity contribution in [3.8, 4) is 0 Å². The Morgan fingerprint density at radius 3 is 2.58 bits per heavy atom. The molecular weight excluding hydrogens is 246 g/mol. The van der Waals surface area contributed by atoms with E-state index in [0.29, 0.717) is 25.2 Å². The lowest BCUT2D eigenvalue weighted by atomic mass is 9.89. The zero-order valence-electron chi connectivity index (χ0n) is 11.5. The minimum Gasteiger partial charge on any atom is -0.340 e. The fourth-order valence-electron chi connectivity index (χ4n) is 2.40. The van der Waals surface area contributed by atoms with E-state index >= 15 is 0 Å². The highest BCUT2D eigenvalue weighted by Crippen LogP contribution is 2.23.